The maximum absolute atomic E-state index is 12.3. The highest BCUT2D eigenvalue weighted by atomic mass is 32.2. The van der Waals surface area contributed by atoms with Gasteiger partial charge in [0.15, 0.2) is 5.82 Å². The highest BCUT2D eigenvalue weighted by Gasteiger charge is 2.19. The van der Waals surface area contributed by atoms with E-state index in [0.29, 0.717) is 22.4 Å². The van der Waals surface area contributed by atoms with Crippen LogP contribution in [0.25, 0.3) is 10.9 Å². The number of aromatic amines is 1. The molecule has 0 aliphatic carbocycles. The summed E-state index contributed by atoms with van der Waals surface area (Å²) in [6.45, 7) is 1.85. The standard InChI is InChI=1S/C18H20N6O3S/c1-12(8-10-19)24-15-9-11-20-18(25)16(15)17(22-24)21-13-4-6-14(7-5-13)28(26,27)23(2)3/h4-7,9,11-12H,8H2,1-3H3,(H,20,25)(H,21,22)/t12-/m1/s1. The van der Waals surface area contributed by atoms with Gasteiger partial charge < -0.3 is 10.3 Å². The molecule has 2 N–H and O–H groups in total. The third-order valence-corrected chi connectivity index (χ3v) is 6.16. The molecule has 3 aromatic rings. The maximum Gasteiger partial charge on any atom is 0.261 e. The van der Waals surface area contributed by atoms with Gasteiger partial charge in [-0.05, 0) is 37.3 Å². The van der Waals surface area contributed by atoms with Crippen LogP contribution >= 0.6 is 0 Å². The average molecular weight is 400 g/mol. The van der Waals surface area contributed by atoms with Gasteiger partial charge in [-0.1, -0.05) is 0 Å². The molecule has 10 heteroatoms. The Kier molecular flexibility index (Phi) is 5.22. The molecule has 0 saturated heterocycles. The van der Waals surface area contributed by atoms with E-state index in [1.807, 2.05) is 6.92 Å². The third-order valence-electron chi connectivity index (χ3n) is 4.33. The van der Waals surface area contributed by atoms with Gasteiger partial charge in [0.05, 0.1) is 28.9 Å². The molecule has 0 aliphatic rings. The molecule has 2 aromatic heterocycles. The van der Waals surface area contributed by atoms with Gasteiger partial charge in [0, 0.05) is 26.0 Å². The molecule has 1 aromatic carbocycles. The van der Waals surface area contributed by atoms with E-state index in [2.05, 4.69) is 21.5 Å². The van der Waals surface area contributed by atoms with E-state index in [-0.39, 0.29) is 22.9 Å². The zero-order chi connectivity index (χ0) is 20.5. The minimum atomic E-state index is -3.52. The van der Waals surface area contributed by atoms with Crippen LogP contribution in [-0.2, 0) is 10.0 Å². The summed E-state index contributed by atoms with van der Waals surface area (Å²) in [7, 11) is -0.587. The fourth-order valence-electron chi connectivity index (χ4n) is 2.80. The van der Waals surface area contributed by atoms with Crippen molar-refractivity contribution in [2.24, 2.45) is 0 Å². The van der Waals surface area contributed by atoms with Crippen molar-refractivity contribution in [2.75, 3.05) is 19.4 Å². The molecule has 0 aliphatic heterocycles. The number of rotatable bonds is 6. The molecule has 0 amide bonds. The molecule has 0 radical (unpaired) electrons. The Bertz CT molecular complexity index is 1200. The van der Waals surface area contributed by atoms with E-state index in [1.54, 1.807) is 22.9 Å². The molecule has 9 nitrogen and oxygen atoms in total. The van der Waals surface area contributed by atoms with Gasteiger partial charge in [0.25, 0.3) is 5.56 Å². The molecular formula is C18H20N6O3S. The molecule has 1 atom stereocenters. The molecule has 0 fully saturated rings. The van der Waals surface area contributed by atoms with Crippen molar-refractivity contribution in [3.05, 3.63) is 46.9 Å². The van der Waals surface area contributed by atoms with E-state index in [9.17, 15) is 13.2 Å². The van der Waals surface area contributed by atoms with E-state index in [0.717, 1.165) is 4.31 Å². The molecule has 0 saturated carbocycles. The number of fused-ring (bicyclic) bond motifs is 1. The molecule has 146 valence electrons. The van der Waals surface area contributed by atoms with E-state index in [1.165, 1.54) is 32.4 Å². The number of benzene rings is 1. The van der Waals surface area contributed by atoms with Crippen LogP contribution in [-0.4, -0.2) is 41.6 Å². The second-order valence-corrected chi connectivity index (χ2v) is 8.66. The van der Waals surface area contributed by atoms with Crippen molar-refractivity contribution in [2.45, 2.75) is 24.3 Å². The summed E-state index contributed by atoms with van der Waals surface area (Å²) in [5, 5.41) is 16.9. The largest absolute Gasteiger partial charge is 0.338 e. The number of H-pyrrole nitrogens is 1. The minimum Gasteiger partial charge on any atom is -0.338 e. The number of pyridine rings is 1. The highest BCUT2D eigenvalue weighted by Crippen LogP contribution is 2.27. The lowest BCUT2D eigenvalue weighted by Crippen LogP contribution is -2.22. The normalized spacial score (nSPS) is 12.8. The topological polar surface area (TPSA) is 124 Å². The fraction of sp³-hybridized carbons (Fsp3) is 0.278. The summed E-state index contributed by atoms with van der Waals surface area (Å²) in [5.41, 5.74) is 0.892. The highest BCUT2D eigenvalue weighted by molar-refractivity contribution is 7.89. The number of nitrogens with one attached hydrogen (secondary N) is 2. The van der Waals surface area contributed by atoms with Crippen molar-refractivity contribution in [1.29, 1.82) is 5.26 Å². The van der Waals surface area contributed by atoms with Gasteiger partial charge >= 0.3 is 0 Å². The zero-order valence-corrected chi connectivity index (χ0v) is 16.5. The molecule has 3 rings (SSSR count). The summed E-state index contributed by atoms with van der Waals surface area (Å²) in [5.74, 6) is 0.338. The number of aromatic nitrogens is 3. The maximum atomic E-state index is 12.3. The quantitative estimate of drug-likeness (QED) is 0.654. The Morgan fingerprint density at radius 2 is 1.96 bits per heavy atom. The smallest absolute Gasteiger partial charge is 0.261 e. The second-order valence-electron chi connectivity index (χ2n) is 6.51. The fourth-order valence-corrected chi connectivity index (χ4v) is 3.70. The molecule has 0 unspecified atom stereocenters. The SMILES string of the molecule is C[C@H](CC#N)n1nc(Nc2ccc(S(=O)(=O)N(C)C)cc2)c2c(=O)[nH]ccc21. The van der Waals surface area contributed by atoms with E-state index >= 15 is 0 Å². The van der Waals surface area contributed by atoms with Crippen LogP contribution in [0.15, 0.2) is 46.2 Å². The Labute approximate surface area is 162 Å². The van der Waals surface area contributed by atoms with Crippen molar-refractivity contribution in [1.82, 2.24) is 19.1 Å². The number of hydrogen-bond acceptors (Lipinski definition) is 6. The average Bonchev–Trinajstić information content (AvgIpc) is 3.02. The summed E-state index contributed by atoms with van der Waals surface area (Å²) < 4.78 is 27.1. The first-order valence-corrected chi connectivity index (χ1v) is 9.96. The summed E-state index contributed by atoms with van der Waals surface area (Å²) in [4.78, 5) is 15.1. The first-order chi connectivity index (χ1) is 13.3. The lowest BCUT2D eigenvalue weighted by Gasteiger charge is -2.12. The predicted octanol–water partition coefficient (Wildman–Crippen LogP) is 2.19. The Morgan fingerprint density at radius 3 is 2.57 bits per heavy atom. The van der Waals surface area contributed by atoms with Crippen molar-refractivity contribution < 1.29 is 8.42 Å². The zero-order valence-electron chi connectivity index (χ0n) is 15.7. The number of anilines is 2. The van der Waals surface area contributed by atoms with Crippen LogP contribution in [0.5, 0.6) is 0 Å². The van der Waals surface area contributed by atoms with Crippen LogP contribution in [0.4, 0.5) is 11.5 Å². The van der Waals surface area contributed by atoms with Gasteiger partial charge in [0.1, 0.15) is 5.39 Å². The number of nitriles is 1. The van der Waals surface area contributed by atoms with Gasteiger partial charge in [-0.3, -0.25) is 9.48 Å². The Hall–Kier alpha value is -3.16. The van der Waals surface area contributed by atoms with Crippen molar-refractivity contribution >= 4 is 32.4 Å². The van der Waals surface area contributed by atoms with Crippen LogP contribution in [0.1, 0.15) is 19.4 Å². The summed E-state index contributed by atoms with van der Waals surface area (Å²) >= 11 is 0. The first kappa shape index (κ1) is 19.6. The molecule has 0 spiro atoms. The van der Waals surface area contributed by atoms with Gasteiger partial charge in [-0.15, -0.1) is 0 Å². The minimum absolute atomic E-state index is 0.166. The second kappa shape index (κ2) is 7.46. The van der Waals surface area contributed by atoms with Crippen molar-refractivity contribution in [3.8, 4) is 6.07 Å². The van der Waals surface area contributed by atoms with E-state index in [4.69, 9.17) is 5.26 Å². The molecular weight excluding hydrogens is 380 g/mol. The van der Waals surface area contributed by atoms with Crippen LogP contribution in [0, 0.1) is 11.3 Å². The van der Waals surface area contributed by atoms with Crippen LogP contribution in [0.3, 0.4) is 0 Å². The van der Waals surface area contributed by atoms with Crippen molar-refractivity contribution in [3.63, 3.8) is 0 Å². The third kappa shape index (κ3) is 3.49. The number of hydrogen-bond donors (Lipinski definition) is 2. The van der Waals surface area contributed by atoms with Crippen LogP contribution in [0.2, 0.25) is 0 Å². The van der Waals surface area contributed by atoms with Gasteiger partial charge in [-0.2, -0.15) is 10.4 Å². The number of sulfonamides is 1. The molecule has 0 bridgehead atoms. The predicted molar refractivity (Wildman–Crippen MR) is 106 cm³/mol. The first-order valence-electron chi connectivity index (χ1n) is 8.52. The van der Waals surface area contributed by atoms with Crippen LogP contribution < -0.4 is 10.9 Å². The Balaban J connectivity index is 2.01. The monoisotopic (exact) mass is 400 g/mol. The van der Waals surface area contributed by atoms with Gasteiger partial charge in [0.2, 0.25) is 10.0 Å². The Morgan fingerprint density at radius 1 is 1.29 bits per heavy atom. The van der Waals surface area contributed by atoms with Gasteiger partial charge in [-0.25, -0.2) is 12.7 Å². The summed E-state index contributed by atoms with van der Waals surface area (Å²) in [6.07, 6.45) is 1.78. The van der Waals surface area contributed by atoms with E-state index < -0.39 is 10.0 Å². The molecule has 2 heterocycles. The molecule has 28 heavy (non-hydrogen) atoms. The summed E-state index contributed by atoms with van der Waals surface area (Å²) in [6, 6.07) is 9.81. The lowest BCUT2D eigenvalue weighted by molar-refractivity contribution is 0.518. The lowest BCUT2D eigenvalue weighted by atomic mass is 10.2. The number of nitrogens with zero attached hydrogens (tertiary/aromatic N) is 4.